The Morgan fingerprint density at radius 1 is 1.32 bits per heavy atom. The first kappa shape index (κ1) is 15.1. The molecule has 1 saturated heterocycles. The Labute approximate surface area is 128 Å². The molecule has 2 heterocycles. The van der Waals surface area contributed by atoms with Crippen molar-refractivity contribution in [1.82, 2.24) is 14.7 Å². The maximum absolute atomic E-state index is 13.0. The minimum Gasteiger partial charge on any atom is -0.390 e. The summed E-state index contributed by atoms with van der Waals surface area (Å²) in [7, 11) is 0. The van der Waals surface area contributed by atoms with Crippen molar-refractivity contribution in [1.29, 1.82) is 0 Å². The third kappa shape index (κ3) is 3.91. The molecular weight excluding hydrogens is 285 g/mol. The van der Waals surface area contributed by atoms with E-state index in [-0.39, 0.29) is 11.9 Å². The van der Waals surface area contributed by atoms with E-state index in [1.54, 1.807) is 23.0 Å². The first-order chi connectivity index (χ1) is 10.7. The molecule has 1 N–H and O–H groups in total. The van der Waals surface area contributed by atoms with Crippen molar-refractivity contribution in [3.63, 3.8) is 0 Å². The Hall–Kier alpha value is -1.76. The van der Waals surface area contributed by atoms with E-state index in [4.69, 9.17) is 4.74 Å². The molecule has 1 aliphatic heterocycles. The molecule has 22 heavy (non-hydrogen) atoms. The molecule has 118 valence electrons. The molecule has 2 atom stereocenters. The van der Waals surface area contributed by atoms with Gasteiger partial charge in [0.2, 0.25) is 0 Å². The molecule has 1 aromatic heterocycles. The fourth-order valence-corrected chi connectivity index (χ4v) is 2.73. The largest absolute Gasteiger partial charge is 0.390 e. The quantitative estimate of drug-likeness (QED) is 0.908. The average molecular weight is 305 g/mol. The molecule has 0 spiro atoms. The van der Waals surface area contributed by atoms with E-state index < -0.39 is 6.10 Å². The highest BCUT2D eigenvalue weighted by molar-refractivity contribution is 5.19. The molecule has 1 aromatic carbocycles. The Bertz CT molecular complexity index is 574. The number of ether oxygens (including phenoxy) is 1. The molecule has 2 aromatic rings. The number of benzene rings is 1. The van der Waals surface area contributed by atoms with Gasteiger partial charge in [-0.15, -0.1) is 0 Å². The van der Waals surface area contributed by atoms with Gasteiger partial charge in [0, 0.05) is 32.0 Å². The predicted octanol–water partition coefficient (Wildman–Crippen LogP) is 1.46. The zero-order chi connectivity index (χ0) is 15.4. The molecule has 0 unspecified atom stereocenters. The van der Waals surface area contributed by atoms with Crippen LogP contribution in [0.25, 0.3) is 0 Å². The molecule has 0 saturated carbocycles. The number of hydrogen-bond acceptors (Lipinski definition) is 4. The van der Waals surface area contributed by atoms with Gasteiger partial charge in [-0.05, 0) is 23.8 Å². The topological polar surface area (TPSA) is 50.5 Å². The van der Waals surface area contributed by atoms with Crippen LogP contribution in [0, 0.1) is 5.82 Å². The number of nitrogens with zero attached hydrogens (tertiary/aromatic N) is 3. The summed E-state index contributed by atoms with van der Waals surface area (Å²) < 4.78 is 20.5. The van der Waals surface area contributed by atoms with E-state index in [2.05, 4.69) is 10.00 Å². The summed E-state index contributed by atoms with van der Waals surface area (Å²) >= 11 is 0. The second kappa shape index (κ2) is 7.00. The smallest absolute Gasteiger partial charge is 0.123 e. The molecule has 0 radical (unpaired) electrons. The highest BCUT2D eigenvalue weighted by atomic mass is 19.1. The van der Waals surface area contributed by atoms with E-state index in [1.165, 1.54) is 12.1 Å². The van der Waals surface area contributed by atoms with Gasteiger partial charge < -0.3 is 9.84 Å². The lowest BCUT2D eigenvalue weighted by Gasteiger charge is -2.34. The van der Waals surface area contributed by atoms with Gasteiger partial charge in [0.1, 0.15) is 5.82 Å². The molecular formula is C16H20FN3O2. The lowest BCUT2D eigenvalue weighted by atomic mass is 10.1. The number of halogens is 1. The second-order valence-electron chi connectivity index (χ2n) is 5.55. The van der Waals surface area contributed by atoms with E-state index in [9.17, 15) is 9.50 Å². The van der Waals surface area contributed by atoms with Crippen molar-refractivity contribution in [3.05, 3.63) is 54.1 Å². The highest BCUT2D eigenvalue weighted by Gasteiger charge is 2.23. The van der Waals surface area contributed by atoms with Crippen LogP contribution in [0.2, 0.25) is 0 Å². The third-order valence-corrected chi connectivity index (χ3v) is 3.82. The lowest BCUT2D eigenvalue weighted by Crippen LogP contribution is -2.43. The number of aliphatic hydroxyl groups excluding tert-OH is 1. The van der Waals surface area contributed by atoms with Crippen molar-refractivity contribution in [2.45, 2.75) is 18.8 Å². The van der Waals surface area contributed by atoms with Gasteiger partial charge in [-0.2, -0.15) is 5.10 Å². The van der Waals surface area contributed by atoms with Gasteiger partial charge in [0.05, 0.1) is 25.4 Å². The van der Waals surface area contributed by atoms with Crippen molar-refractivity contribution in [2.24, 2.45) is 0 Å². The van der Waals surface area contributed by atoms with Gasteiger partial charge in [-0.25, -0.2) is 4.39 Å². The summed E-state index contributed by atoms with van der Waals surface area (Å²) in [6, 6.07) is 8.24. The van der Waals surface area contributed by atoms with Crippen LogP contribution in [0.4, 0.5) is 4.39 Å². The van der Waals surface area contributed by atoms with Crippen molar-refractivity contribution in [3.8, 4) is 0 Å². The Balaban J connectivity index is 1.55. The van der Waals surface area contributed by atoms with Crippen molar-refractivity contribution in [2.75, 3.05) is 26.2 Å². The maximum Gasteiger partial charge on any atom is 0.123 e. The zero-order valence-corrected chi connectivity index (χ0v) is 12.3. The van der Waals surface area contributed by atoms with Gasteiger partial charge in [-0.1, -0.05) is 12.1 Å². The molecule has 6 heteroatoms. The summed E-state index contributed by atoms with van der Waals surface area (Å²) in [6.07, 6.45) is 2.98. The van der Waals surface area contributed by atoms with Crippen LogP contribution in [0.15, 0.2) is 42.7 Å². The lowest BCUT2D eigenvalue weighted by molar-refractivity contribution is -0.0437. The van der Waals surface area contributed by atoms with Crippen LogP contribution in [0.1, 0.15) is 11.7 Å². The predicted molar refractivity (Wildman–Crippen MR) is 79.8 cm³/mol. The average Bonchev–Trinajstić information content (AvgIpc) is 3.01. The summed E-state index contributed by atoms with van der Waals surface area (Å²) in [5, 5.41) is 14.3. The van der Waals surface area contributed by atoms with E-state index in [0.29, 0.717) is 26.2 Å². The van der Waals surface area contributed by atoms with Gasteiger partial charge in [0.25, 0.3) is 0 Å². The minimum atomic E-state index is -0.480. The molecule has 3 rings (SSSR count). The SMILES string of the molecule is O[C@H](CN1CCO[C@@H](c2ccc(F)cc2)C1)Cn1cccn1. The van der Waals surface area contributed by atoms with Crippen LogP contribution in [0.5, 0.6) is 0 Å². The Morgan fingerprint density at radius 3 is 2.86 bits per heavy atom. The molecule has 0 aliphatic carbocycles. The number of hydrogen-bond donors (Lipinski definition) is 1. The van der Waals surface area contributed by atoms with Gasteiger partial charge >= 0.3 is 0 Å². The van der Waals surface area contributed by atoms with Crippen LogP contribution in [-0.4, -0.2) is 52.1 Å². The maximum atomic E-state index is 13.0. The second-order valence-corrected chi connectivity index (χ2v) is 5.55. The molecule has 0 amide bonds. The van der Waals surface area contributed by atoms with E-state index in [1.807, 2.05) is 12.3 Å². The minimum absolute atomic E-state index is 0.0775. The third-order valence-electron chi connectivity index (χ3n) is 3.82. The van der Waals surface area contributed by atoms with E-state index in [0.717, 1.165) is 12.1 Å². The van der Waals surface area contributed by atoms with Crippen LogP contribution < -0.4 is 0 Å². The number of aromatic nitrogens is 2. The zero-order valence-electron chi connectivity index (χ0n) is 12.3. The summed E-state index contributed by atoms with van der Waals surface area (Å²) in [5.74, 6) is -0.244. The van der Waals surface area contributed by atoms with Crippen LogP contribution >= 0.6 is 0 Å². The number of β-amino-alcohol motifs (C(OH)–C–C–N with tert-alkyl or cyclic N) is 1. The Morgan fingerprint density at radius 2 is 2.14 bits per heavy atom. The molecule has 5 nitrogen and oxygen atoms in total. The first-order valence-corrected chi connectivity index (χ1v) is 7.45. The van der Waals surface area contributed by atoms with E-state index >= 15 is 0 Å². The Kier molecular flexibility index (Phi) is 4.82. The molecule has 0 bridgehead atoms. The first-order valence-electron chi connectivity index (χ1n) is 7.45. The number of aliphatic hydroxyl groups is 1. The van der Waals surface area contributed by atoms with Gasteiger partial charge in [-0.3, -0.25) is 9.58 Å². The fraction of sp³-hybridized carbons (Fsp3) is 0.438. The van der Waals surface area contributed by atoms with Crippen LogP contribution in [0.3, 0.4) is 0 Å². The van der Waals surface area contributed by atoms with Crippen molar-refractivity contribution < 1.29 is 14.2 Å². The van der Waals surface area contributed by atoms with Gasteiger partial charge in [0.15, 0.2) is 0 Å². The standard InChI is InChI=1S/C16H20FN3O2/c17-14-4-2-13(3-5-14)16-12-19(8-9-22-16)10-15(21)11-20-7-1-6-18-20/h1-7,15-16,21H,8-12H2/t15-,16-/m1/s1. The summed E-state index contributed by atoms with van der Waals surface area (Å²) in [4.78, 5) is 2.17. The summed E-state index contributed by atoms with van der Waals surface area (Å²) in [6.45, 7) is 3.14. The van der Waals surface area contributed by atoms with Crippen LogP contribution in [-0.2, 0) is 11.3 Å². The highest BCUT2D eigenvalue weighted by Crippen LogP contribution is 2.22. The summed E-state index contributed by atoms with van der Waals surface area (Å²) in [5.41, 5.74) is 0.965. The van der Waals surface area contributed by atoms with Crippen molar-refractivity contribution >= 4 is 0 Å². The normalized spacial score (nSPS) is 20.9. The number of morpholine rings is 1. The molecule has 1 fully saturated rings. The monoisotopic (exact) mass is 305 g/mol. The number of rotatable bonds is 5. The molecule has 1 aliphatic rings. The fourth-order valence-electron chi connectivity index (χ4n) is 2.73.